The number of nitrogens with one attached hydrogen (secondary N) is 2. The summed E-state index contributed by atoms with van der Waals surface area (Å²) in [7, 11) is 0. The molecule has 0 saturated carbocycles. The summed E-state index contributed by atoms with van der Waals surface area (Å²) in [6.07, 6.45) is 0.0339. The van der Waals surface area contributed by atoms with Crippen LogP contribution in [0.2, 0.25) is 0 Å². The minimum absolute atomic E-state index is 0.0339. The number of benzene rings is 3. The number of hydrogen-bond donors (Lipinski definition) is 2. The second-order valence-electron chi connectivity index (χ2n) is 6.86. The number of carbonyl (C=O) groups is 3. The summed E-state index contributed by atoms with van der Waals surface area (Å²) in [5.74, 6) is -0.995. The van der Waals surface area contributed by atoms with E-state index in [4.69, 9.17) is 4.74 Å². The number of amides is 2. The molecule has 0 radical (unpaired) electrons. The number of carbonyl (C=O) groups excluding carboxylic acids is 3. The van der Waals surface area contributed by atoms with Crippen LogP contribution in [0.15, 0.2) is 84.9 Å². The van der Waals surface area contributed by atoms with Gasteiger partial charge in [-0.25, -0.2) is 4.79 Å². The van der Waals surface area contributed by atoms with Crippen LogP contribution in [-0.4, -0.2) is 24.4 Å². The third-order valence-electron chi connectivity index (χ3n) is 4.59. The SMILES string of the molecule is CCOC(=O)c1cccc(NC(=O)CC(NC(=O)c2ccccc2)c2ccccc2)c1. The van der Waals surface area contributed by atoms with E-state index in [0.29, 0.717) is 16.8 Å². The Kier molecular flexibility index (Phi) is 7.54. The third-order valence-corrected chi connectivity index (χ3v) is 4.59. The zero-order chi connectivity index (χ0) is 22.1. The van der Waals surface area contributed by atoms with Gasteiger partial charge in [-0.2, -0.15) is 0 Å². The Bertz CT molecular complexity index is 1040. The second-order valence-corrected chi connectivity index (χ2v) is 6.86. The van der Waals surface area contributed by atoms with Crippen molar-refractivity contribution in [2.75, 3.05) is 11.9 Å². The van der Waals surface area contributed by atoms with Gasteiger partial charge in [0.15, 0.2) is 0 Å². The van der Waals surface area contributed by atoms with Gasteiger partial charge in [0.1, 0.15) is 0 Å². The molecular formula is C25H24N2O4. The van der Waals surface area contributed by atoms with Gasteiger partial charge in [0.05, 0.1) is 24.6 Å². The van der Waals surface area contributed by atoms with Gasteiger partial charge in [0.2, 0.25) is 5.91 Å². The van der Waals surface area contributed by atoms with E-state index < -0.39 is 12.0 Å². The molecule has 2 N–H and O–H groups in total. The molecule has 0 bridgehead atoms. The molecule has 3 aromatic rings. The maximum Gasteiger partial charge on any atom is 0.338 e. The Balaban J connectivity index is 1.72. The van der Waals surface area contributed by atoms with Gasteiger partial charge in [-0.1, -0.05) is 54.6 Å². The second kappa shape index (κ2) is 10.7. The normalized spacial score (nSPS) is 11.3. The van der Waals surface area contributed by atoms with Gasteiger partial charge in [-0.05, 0) is 42.8 Å². The van der Waals surface area contributed by atoms with Gasteiger partial charge in [0.25, 0.3) is 5.91 Å². The highest BCUT2D eigenvalue weighted by Gasteiger charge is 2.19. The lowest BCUT2D eigenvalue weighted by atomic mass is 10.0. The summed E-state index contributed by atoms with van der Waals surface area (Å²) in [6.45, 7) is 2.01. The minimum atomic E-state index is -0.512. The van der Waals surface area contributed by atoms with Crippen molar-refractivity contribution < 1.29 is 19.1 Å². The van der Waals surface area contributed by atoms with Crippen molar-refractivity contribution in [2.24, 2.45) is 0 Å². The standard InChI is InChI=1S/C25H24N2O4/c1-2-31-25(30)20-14-9-15-21(16-20)26-23(28)17-22(18-10-5-3-6-11-18)27-24(29)19-12-7-4-8-13-19/h3-16,22H,2,17H2,1H3,(H,26,28)(H,27,29). The Labute approximate surface area is 181 Å². The maximum atomic E-state index is 12.7. The fourth-order valence-corrected chi connectivity index (χ4v) is 3.10. The van der Waals surface area contributed by atoms with Crippen LogP contribution in [0.1, 0.15) is 45.7 Å². The van der Waals surface area contributed by atoms with Crippen molar-refractivity contribution >= 4 is 23.5 Å². The van der Waals surface area contributed by atoms with Crippen molar-refractivity contribution in [1.29, 1.82) is 0 Å². The molecule has 0 fully saturated rings. The Hall–Kier alpha value is -3.93. The zero-order valence-corrected chi connectivity index (χ0v) is 17.2. The zero-order valence-electron chi connectivity index (χ0n) is 17.2. The number of rotatable bonds is 8. The number of ether oxygens (including phenoxy) is 1. The molecule has 0 aliphatic heterocycles. The molecule has 0 aromatic heterocycles. The molecule has 1 atom stereocenters. The van der Waals surface area contributed by atoms with Crippen LogP contribution in [0.4, 0.5) is 5.69 Å². The Morgan fingerprint density at radius 2 is 1.48 bits per heavy atom. The van der Waals surface area contributed by atoms with Gasteiger partial charge in [-0.3, -0.25) is 9.59 Å². The first-order valence-electron chi connectivity index (χ1n) is 10.0. The van der Waals surface area contributed by atoms with Crippen LogP contribution in [0.25, 0.3) is 0 Å². The number of esters is 1. The summed E-state index contributed by atoms with van der Waals surface area (Å²) < 4.78 is 5.00. The van der Waals surface area contributed by atoms with E-state index >= 15 is 0 Å². The first kappa shape index (κ1) is 21.8. The molecule has 3 aromatic carbocycles. The van der Waals surface area contributed by atoms with Crippen LogP contribution < -0.4 is 10.6 Å². The fourth-order valence-electron chi connectivity index (χ4n) is 3.10. The number of hydrogen-bond acceptors (Lipinski definition) is 4. The predicted octanol–water partition coefficient (Wildman–Crippen LogP) is 4.36. The van der Waals surface area contributed by atoms with E-state index in [1.54, 1.807) is 55.5 Å². The van der Waals surface area contributed by atoms with Crippen LogP contribution in [0.5, 0.6) is 0 Å². The van der Waals surface area contributed by atoms with Crippen molar-refractivity contribution in [1.82, 2.24) is 5.32 Å². The molecule has 0 heterocycles. The molecular weight excluding hydrogens is 392 g/mol. The average molecular weight is 416 g/mol. The van der Waals surface area contributed by atoms with Crippen LogP contribution in [0.3, 0.4) is 0 Å². The molecule has 0 aliphatic rings. The maximum absolute atomic E-state index is 12.7. The largest absolute Gasteiger partial charge is 0.462 e. The molecule has 2 amide bonds. The van der Waals surface area contributed by atoms with Crippen molar-refractivity contribution in [3.8, 4) is 0 Å². The highest BCUT2D eigenvalue weighted by Crippen LogP contribution is 2.19. The third kappa shape index (κ3) is 6.27. The highest BCUT2D eigenvalue weighted by atomic mass is 16.5. The van der Waals surface area contributed by atoms with Gasteiger partial charge in [-0.15, -0.1) is 0 Å². The molecule has 1 unspecified atom stereocenters. The van der Waals surface area contributed by atoms with Crippen LogP contribution in [0, 0.1) is 0 Å². The Morgan fingerprint density at radius 3 is 2.16 bits per heavy atom. The average Bonchev–Trinajstić information content (AvgIpc) is 2.80. The van der Waals surface area contributed by atoms with Crippen molar-refractivity contribution in [3.63, 3.8) is 0 Å². The first-order chi connectivity index (χ1) is 15.1. The molecule has 0 saturated heterocycles. The lowest BCUT2D eigenvalue weighted by molar-refractivity contribution is -0.116. The van der Waals surface area contributed by atoms with Crippen molar-refractivity contribution in [2.45, 2.75) is 19.4 Å². The van der Waals surface area contributed by atoms with E-state index in [-0.39, 0.29) is 24.8 Å². The lowest BCUT2D eigenvalue weighted by Gasteiger charge is -2.19. The van der Waals surface area contributed by atoms with Gasteiger partial charge < -0.3 is 15.4 Å². The molecule has 0 spiro atoms. The molecule has 158 valence electrons. The quantitative estimate of drug-likeness (QED) is 0.534. The number of anilines is 1. The van der Waals surface area contributed by atoms with E-state index in [1.165, 1.54) is 0 Å². The lowest BCUT2D eigenvalue weighted by Crippen LogP contribution is -2.31. The highest BCUT2D eigenvalue weighted by molar-refractivity contribution is 5.96. The summed E-state index contributed by atoms with van der Waals surface area (Å²) in [5.41, 5.74) is 2.18. The van der Waals surface area contributed by atoms with E-state index in [9.17, 15) is 14.4 Å². The first-order valence-corrected chi connectivity index (χ1v) is 10.0. The van der Waals surface area contributed by atoms with E-state index in [1.807, 2.05) is 36.4 Å². The smallest absolute Gasteiger partial charge is 0.338 e. The monoisotopic (exact) mass is 416 g/mol. The summed E-state index contributed by atoms with van der Waals surface area (Å²) in [4.78, 5) is 37.3. The molecule has 3 rings (SSSR count). The van der Waals surface area contributed by atoms with E-state index in [0.717, 1.165) is 5.56 Å². The molecule has 6 nitrogen and oxygen atoms in total. The minimum Gasteiger partial charge on any atom is -0.462 e. The fraction of sp³-hybridized carbons (Fsp3) is 0.160. The molecule has 6 heteroatoms. The molecule has 0 aliphatic carbocycles. The molecule has 31 heavy (non-hydrogen) atoms. The predicted molar refractivity (Wildman–Crippen MR) is 119 cm³/mol. The van der Waals surface area contributed by atoms with Crippen molar-refractivity contribution in [3.05, 3.63) is 102 Å². The topological polar surface area (TPSA) is 84.5 Å². The van der Waals surface area contributed by atoms with Crippen LogP contribution in [-0.2, 0) is 9.53 Å². The van der Waals surface area contributed by atoms with E-state index in [2.05, 4.69) is 10.6 Å². The Morgan fingerprint density at radius 1 is 0.839 bits per heavy atom. The van der Waals surface area contributed by atoms with Gasteiger partial charge in [0, 0.05) is 11.3 Å². The summed E-state index contributed by atoms with van der Waals surface area (Å²) in [6, 6.07) is 24.2. The summed E-state index contributed by atoms with van der Waals surface area (Å²) in [5, 5.41) is 5.73. The van der Waals surface area contributed by atoms with Crippen LogP contribution >= 0.6 is 0 Å². The van der Waals surface area contributed by atoms with Gasteiger partial charge >= 0.3 is 5.97 Å². The summed E-state index contributed by atoms with van der Waals surface area (Å²) >= 11 is 0.